The van der Waals surface area contributed by atoms with Crippen LogP contribution >= 0.6 is 15.9 Å². The zero-order valence-electron chi connectivity index (χ0n) is 9.72. The van der Waals surface area contributed by atoms with Gasteiger partial charge in [-0.1, -0.05) is 28.1 Å². The summed E-state index contributed by atoms with van der Waals surface area (Å²) >= 11 is 3.04. The summed E-state index contributed by atoms with van der Waals surface area (Å²) in [5.41, 5.74) is 0.579. The van der Waals surface area contributed by atoms with Gasteiger partial charge in [0.25, 0.3) is 0 Å². The Labute approximate surface area is 113 Å². The Morgan fingerprint density at radius 3 is 2.61 bits per heavy atom. The van der Waals surface area contributed by atoms with Crippen molar-refractivity contribution in [1.82, 2.24) is 0 Å². The number of carboxylic acids is 1. The van der Waals surface area contributed by atoms with Gasteiger partial charge in [-0.05, 0) is 11.6 Å². The van der Waals surface area contributed by atoms with E-state index in [1.807, 2.05) is 0 Å². The molecular formula is C12H13BrO5. The highest BCUT2D eigenvalue weighted by molar-refractivity contribution is 9.09. The number of benzene rings is 1. The van der Waals surface area contributed by atoms with Gasteiger partial charge in [-0.15, -0.1) is 0 Å². The number of aliphatic hydroxyl groups is 1. The molecule has 0 aromatic heterocycles. The molecule has 6 heteroatoms. The molecule has 1 unspecified atom stereocenters. The molecule has 18 heavy (non-hydrogen) atoms. The molecule has 0 fully saturated rings. The maximum atomic E-state index is 11.4. The van der Waals surface area contributed by atoms with E-state index in [0.29, 0.717) is 5.56 Å². The van der Waals surface area contributed by atoms with Gasteiger partial charge in [-0.3, -0.25) is 4.79 Å². The van der Waals surface area contributed by atoms with E-state index in [1.54, 1.807) is 18.2 Å². The van der Waals surface area contributed by atoms with Crippen molar-refractivity contribution in [3.05, 3.63) is 29.3 Å². The number of hydrogen-bond acceptors (Lipinski definition) is 4. The van der Waals surface area contributed by atoms with Gasteiger partial charge in [0.1, 0.15) is 11.5 Å². The Kier molecular flexibility index (Phi) is 5.30. The quantitative estimate of drug-likeness (QED) is 0.773. The summed E-state index contributed by atoms with van der Waals surface area (Å²) in [6.07, 6.45) is -1.67. The van der Waals surface area contributed by atoms with Gasteiger partial charge in [0.15, 0.2) is 6.10 Å². The number of ether oxygens (including phenoxy) is 1. The minimum absolute atomic E-state index is 0.0438. The molecule has 1 aromatic rings. The molecule has 0 amide bonds. The molecule has 0 saturated carbocycles. The van der Waals surface area contributed by atoms with Crippen LogP contribution in [0.15, 0.2) is 18.2 Å². The molecule has 0 bridgehead atoms. The van der Waals surface area contributed by atoms with Gasteiger partial charge in [0.05, 0.1) is 12.4 Å². The Morgan fingerprint density at radius 2 is 2.11 bits per heavy atom. The minimum Gasteiger partial charge on any atom is -0.496 e. The highest BCUT2D eigenvalue weighted by Crippen LogP contribution is 2.29. The number of hydrogen-bond donors (Lipinski definition) is 2. The standard InChI is InChI=1S/C12H13BrO5/c1-18-9-4-2-3-7(5-8(14)6-13)10(9)11(15)12(16)17/h2-4,11,15H,5-6H2,1H3,(H,16,17). The van der Waals surface area contributed by atoms with Gasteiger partial charge < -0.3 is 14.9 Å². The first-order chi connectivity index (χ1) is 8.51. The molecule has 0 radical (unpaired) electrons. The van der Waals surface area contributed by atoms with Crippen molar-refractivity contribution in [3.8, 4) is 5.75 Å². The summed E-state index contributed by atoms with van der Waals surface area (Å²) in [6, 6.07) is 4.79. The normalized spacial score (nSPS) is 11.9. The largest absolute Gasteiger partial charge is 0.496 e. The maximum absolute atomic E-state index is 11.4. The van der Waals surface area contributed by atoms with E-state index in [9.17, 15) is 14.7 Å². The molecule has 0 aliphatic heterocycles. The van der Waals surface area contributed by atoms with E-state index in [0.717, 1.165) is 0 Å². The summed E-state index contributed by atoms with van der Waals surface area (Å²) in [6.45, 7) is 0. The number of carbonyl (C=O) groups excluding carboxylic acids is 1. The van der Waals surface area contributed by atoms with Gasteiger partial charge >= 0.3 is 5.97 Å². The van der Waals surface area contributed by atoms with Crippen LogP contribution in [-0.2, 0) is 16.0 Å². The van der Waals surface area contributed by atoms with Crippen molar-refractivity contribution in [2.24, 2.45) is 0 Å². The summed E-state index contributed by atoms with van der Waals surface area (Å²) in [4.78, 5) is 22.3. The fraction of sp³-hybridized carbons (Fsp3) is 0.333. The lowest BCUT2D eigenvalue weighted by molar-refractivity contribution is -0.147. The number of aliphatic hydroxyl groups excluding tert-OH is 1. The van der Waals surface area contributed by atoms with Crippen molar-refractivity contribution in [2.75, 3.05) is 12.4 Å². The van der Waals surface area contributed by atoms with E-state index in [2.05, 4.69) is 15.9 Å². The lowest BCUT2D eigenvalue weighted by Gasteiger charge is -2.15. The van der Waals surface area contributed by atoms with Crippen LogP contribution in [0.4, 0.5) is 0 Å². The van der Waals surface area contributed by atoms with Crippen LogP contribution in [0.5, 0.6) is 5.75 Å². The number of carboxylic acid groups (broad SMARTS) is 1. The fourth-order valence-electron chi connectivity index (χ4n) is 1.62. The molecule has 1 aromatic carbocycles. The highest BCUT2D eigenvalue weighted by Gasteiger charge is 2.24. The highest BCUT2D eigenvalue weighted by atomic mass is 79.9. The molecule has 0 heterocycles. The predicted molar refractivity (Wildman–Crippen MR) is 68.1 cm³/mol. The van der Waals surface area contributed by atoms with Crippen molar-refractivity contribution >= 4 is 27.7 Å². The SMILES string of the molecule is COc1cccc(CC(=O)CBr)c1C(O)C(=O)O. The number of methoxy groups -OCH3 is 1. The number of carbonyl (C=O) groups is 2. The molecule has 0 spiro atoms. The van der Waals surface area contributed by atoms with Gasteiger partial charge in [-0.2, -0.15) is 0 Å². The molecule has 1 atom stereocenters. The number of aliphatic carboxylic acids is 1. The van der Waals surface area contributed by atoms with Crippen LogP contribution < -0.4 is 4.74 Å². The molecule has 98 valence electrons. The number of Topliss-reactive ketones (excluding diaryl/α,β-unsaturated/α-hetero) is 1. The van der Waals surface area contributed by atoms with Gasteiger partial charge in [0, 0.05) is 12.0 Å². The number of halogens is 1. The number of rotatable bonds is 6. The zero-order chi connectivity index (χ0) is 13.7. The molecule has 0 saturated heterocycles. The van der Waals surface area contributed by atoms with E-state index in [1.165, 1.54) is 7.11 Å². The van der Waals surface area contributed by atoms with Gasteiger partial charge in [-0.25, -0.2) is 4.79 Å². The first-order valence-electron chi connectivity index (χ1n) is 5.15. The molecular weight excluding hydrogens is 304 g/mol. The van der Waals surface area contributed by atoms with E-state index < -0.39 is 12.1 Å². The van der Waals surface area contributed by atoms with Crippen LogP contribution in [0.2, 0.25) is 0 Å². The van der Waals surface area contributed by atoms with E-state index >= 15 is 0 Å². The third-order valence-corrected chi connectivity index (χ3v) is 3.05. The van der Waals surface area contributed by atoms with Gasteiger partial charge in [0.2, 0.25) is 0 Å². The maximum Gasteiger partial charge on any atom is 0.337 e. The minimum atomic E-state index is -1.71. The lowest BCUT2D eigenvalue weighted by Crippen LogP contribution is -2.16. The van der Waals surface area contributed by atoms with Crippen LogP contribution in [0.1, 0.15) is 17.2 Å². The summed E-state index contributed by atoms with van der Waals surface area (Å²) in [7, 11) is 1.38. The van der Waals surface area contributed by atoms with E-state index in [-0.39, 0.29) is 28.8 Å². The van der Waals surface area contributed by atoms with Crippen LogP contribution in [0, 0.1) is 0 Å². The average molecular weight is 317 g/mol. The fourth-order valence-corrected chi connectivity index (χ4v) is 1.81. The molecule has 2 N–H and O–H groups in total. The Morgan fingerprint density at radius 1 is 1.44 bits per heavy atom. The second kappa shape index (κ2) is 6.51. The third kappa shape index (κ3) is 3.30. The second-order valence-corrected chi connectivity index (χ2v) is 4.18. The predicted octanol–water partition coefficient (Wildman–Crippen LogP) is 1.32. The van der Waals surface area contributed by atoms with Crippen molar-refractivity contribution in [2.45, 2.75) is 12.5 Å². The average Bonchev–Trinajstić information content (AvgIpc) is 2.37. The van der Waals surface area contributed by atoms with Crippen LogP contribution in [0.3, 0.4) is 0 Å². The van der Waals surface area contributed by atoms with Crippen LogP contribution in [0.25, 0.3) is 0 Å². The molecule has 1 rings (SSSR count). The van der Waals surface area contributed by atoms with Crippen molar-refractivity contribution < 1.29 is 24.5 Å². The first-order valence-corrected chi connectivity index (χ1v) is 6.27. The Hall–Kier alpha value is -1.40. The summed E-state index contributed by atoms with van der Waals surface area (Å²) in [5.74, 6) is -1.24. The van der Waals surface area contributed by atoms with Crippen LogP contribution in [-0.4, -0.2) is 34.4 Å². The first kappa shape index (κ1) is 14.7. The topological polar surface area (TPSA) is 83.8 Å². The number of ketones is 1. The zero-order valence-corrected chi connectivity index (χ0v) is 11.3. The third-order valence-electron chi connectivity index (χ3n) is 2.42. The Balaban J connectivity index is 3.24. The lowest BCUT2D eigenvalue weighted by atomic mass is 9.97. The summed E-state index contributed by atoms with van der Waals surface area (Å²) < 4.78 is 5.03. The van der Waals surface area contributed by atoms with Crippen molar-refractivity contribution in [1.29, 1.82) is 0 Å². The number of alkyl halides is 1. The van der Waals surface area contributed by atoms with E-state index in [4.69, 9.17) is 9.84 Å². The smallest absolute Gasteiger partial charge is 0.337 e. The monoisotopic (exact) mass is 316 g/mol. The molecule has 0 aliphatic carbocycles. The Bertz CT molecular complexity index is 458. The van der Waals surface area contributed by atoms with Crippen molar-refractivity contribution in [3.63, 3.8) is 0 Å². The summed E-state index contributed by atoms with van der Waals surface area (Å²) in [5, 5.41) is 18.7. The molecule has 5 nitrogen and oxygen atoms in total. The molecule has 0 aliphatic rings. The second-order valence-electron chi connectivity index (χ2n) is 3.62.